The number of hydrogen-bond donors (Lipinski definition) is 2. The molecular formula is C20H20N2O3. The van der Waals surface area contributed by atoms with Gasteiger partial charge in [0.2, 0.25) is 11.8 Å². The van der Waals surface area contributed by atoms with Gasteiger partial charge in [0.15, 0.2) is 0 Å². The van der Waals surface area contributed by atoms with E-state index in [0.717, 1.165) is 27.7 Å². The molecule has 1 heterocycles. The molecule has 2 amide bonds. The fourth-order valence-electron chi connectivity index (χ4n) is 2.97. The van der Waals surface area contributed by atoms with Gasteiger partial charge >= 0.3 is 0 Å². The second-order valence-electron chi connectivity index (χ2n) is 6.20. The standard InChI is InChI=1S/C20H20N2O3/c1-12-8-13(2)20-15(11-25-18(20)9-12)10-19(24)22-17-6-4-16(5-7-17)21-14(3)23/h4-9,11H,10H2,1-3H3,(H,21,23)(H,22,24). The molecular weight excluding hydrogens is 316 g/mol. The molecule has 128 valence electrons. The zero-order valence-corrected chi connectivity index (χ0v) is 14.5. The smallest absolute Gasteiger partial charge is 0.228 e. The van der Waals surface area contributed by atoms with Crippen molar-refractivity contribution in [2.24, 2.45) is 0 Å². The Morgan fingerprint density at radius 1 is 1.00 bits per heavy atom. The first kappa shape index (κ1) is 16.8. The summed E-state index contributed by atoms with van der Waals surface area (Å²) in [6, 6.07) is 11.1. The molecule has 0 atom stereocenters. The third-order valence-electron chi connectivity index (χ3n) is 3.93. The van der Waals surface area contributed by atoms with E-state index in [1.165, 1.54) is 6.92 Å². The largest absolute Gasteiger partial charge is 0.464 e. The minimum Gasteiger partial charge on any atom is -0.464 e. The van der Waals surface area contributed by atoms with Crippen LogP contribution in [0.1, 0.15) is 23.6 Å². The number of hydrogen-bond acceptors (Lipinski definition) is 3. The Kier molecular flexibility index (Phi) is 4.57. The molecule has 3 aromatic rings. The van der Waals surface area contributed by atoms with E-state index in [-0.39, 0.29) is 18.2 Å². The predicted octanol–water partition coefficient (Wildman–Crippen LogP) is 4.19. The number of nitrogens with one attached hydrogen (secondary N) is 2. The summed E-state index contributed by atoms with van der Waals surface area (Å²) in [5, 5.41) is 6.55. The molecule has 0 aliphatic carbocycles. The monoisotopic (exact) mass is 336 g/mol. The van der Waals surface area contributed by atoms with Crippen LogP contribution in [0.15, 0.2) is 47.1 Å². The Morgan fingerprint density at radius 2 is 1.64 bits per heavy atom. The number of anilines is 2. The van der Waals surface area contributed by atoms with Gasteiger partial charge in [0.1, 0.15) is 5.58 Å². The highest BCUT2D eigenvalue weighted by Gasteiger charge is 2.13. The normalized spacial score (nSPS) is 10.7. The van der Waals surface area contributed by atoms with Gasteiger partial charge in [0, 0.05) is 29.2 Å². The van der Waals surface area contributed by atoms with Crippen molar-refractivity contribution >= 4 is 34.2 Å². The Hall–Kier alpha value is -3.08. The lowest BCUT2D eigenvalue weighted by Crippen LogP contribution is -2.14. The van der Waals surface area contributed by atoms with Crippen LogP contribution in [0.2, 0.25) is 0 Å². The maximum Gasteiger partial charge on any atom is 0.228 e. The van der Waals surface area contributed by atoms with Crippen LogP contribution < -0.4 is 10.6 Å². The maximum atomic E-state index is 12.3. The van der Waals surface area contributed by atoms with Crippen molar-refractivity contribution in [1.82, 2.24) is 0 Å². The molecule has 2 N–H and O–H groups in total. The van der Waals surface area contributed by atoms with Crippen molar-refractivity contribution in [2.45, 2.75) is 27.2 Å². The van der Waals surface area contributed by atoms with Crippen LogP contribution in [0.5, 0.6) is 0 Å². The summed E-state index contributed by atoms with van der Waals surface area (Å²) >= 11 is 0. The number of aryl methyl sites for hydroxylation is 2. The SMILES string of the molecule is CC(=O)Nc1ccc(NC(=O)Cc2coc3cc(C)cc(C)c23)cc1. The number of carbonyl (C=O) groups excluding carboxylic acids is 2. The third-order valence-corrected chi connectivity index (χ3v) is 3.93. The minimum atomic E-state index is -0.130. The Labute approximate surface area is 146 Å². The fourth-order valence-corrected chi connectivity index (χ4v) is 2.97. The molecule has 0 bridgehead atoms. The van der Waals surface area contributed by atoms with Crippen LogP contribution >= 0.6 is 0 Å². The highest BCUT2D eigenvalue weighted by atomic mass is 16.3. The van der Waals surface area contributed by atoms with E-state index in [4.69, 9.17) is 4.42 Å². The number of fused-ring (bicyclic) bond motifs is 1. The van der Waals surface area contributed by atoms with Crippen molar-refractivity contribution in [1.29, 1.82) is 0 Å². The molecule has 1 aromatic heterocycles. The summed E-state index contributed by atoms with van der Waals surface area (Å²) in [7, 11) is 0. The number of amides is 2. The zero-order chi connectivity index (χ0) is 18.0. The summed E-state index contributed by atoms with van der Waals surface area (Å²) in [5.41, 5.74) is 5.29. The van der Waals surface area contributed by atoms with Gasteiger partial charge in [-0.25, -0.2) is 0 Å². The summed E-state index contributed by atoms with van der Waals surface area (Å²) in [4.78, 5) is 23.4. The average molecular weight is 336 g/mol. The molecule has 0 saturated carbocycles. The number of furan rings is 1. The average Bonchev–Trinajstić information content (AvgIpc) is 2.91. The highest BCUT2D eigenvalue weighted by molar-refractivity contribution is 5.96. The lowest BCUT2D eigenvalue weighted by atomic mass is 10.0. The second kappa shape index (κ2) is 6.81. The van der Waals surface area contributed by atoms with Crippen molar-refractivity contribution in [3.63, 3.8) is 0 Å². The number of carbonyl (C=O) groups is 2. The lowest BCUT2D eigenvalue weighted by Gasteiger charge is -2.07. The number of rotatable bonds is 4. The van der Waals surface area contributed by atoms with E-state index in [9.17, 15) is 9.59 Å². The predicted molar refractivity (Wildman–Crippen MR) is 98.8 cm³/mol. The Morgan fingerprint density at radius 3 is 2.28 bits per heavy atom. The lowest BCUT2D eigenvalue weighted by molar-refractivity contribution is -0.116. The maximum absolute atomic E-state index is 12.3. The van der Waals surface area contributed by atoms with Gasteiger partial charge < -0.3 is 15.1 Å². The van der Waals surface area contributed by atoms with Crippen LogP contribution in [0.25, 0.3) is 11.0 Å². The van der Waals surface area contributed by atoms with Crippen LogP contribution in [0, 0.1) is 13.8 Å². The van der Waals surface area contributed by atoms with Crippen LogP contribution in [0.4, 0.5) is 11.4 Å². The van der Waals surface area contributed by atoms with Crippen molar-refractivity contribution in [3.05, 3.63) is 59.4 Å². The third kappa shape index (κ3) is 3.88. The molecule has 0 unspecified atom stereocenters. The molecule has 5 heteroatoms. The molecule has 0 spiro atoms. The Bertz CT molecular complexity index is 939. The molecule has 0 aliphatic heterocycles. The molecule has 0 saturated heterocycles. The van der Waals surface area contributed by atoms with Gasteiger partial charge in [-0.15, -0.1) is 0 Å². The summed E-state index contributed by atoms with van der Waals surface area (Å²) in [6.07, 6.45) is 1.89. The van der Waals surface area contributed by atoms with Gasteiger partial charge in [0.25, 0.3) is 0 Å². The molecule has 0 aliphatic rings. The zero-order valence-electron chi connectivity index (χ0n) is 14.5. The van der Waals surface area contributed by atoms with Gasteiger partial charge in [-0.05, 0) is 55.3 Å². The van der Waals surface area contributed by atoms with Crippen molar-refractivity contribution < 1.29 is 14.0 Å². The van der Waals surface area contributed by atoms with Crippen molar-refractivity contribution in [3.8, 4) is 0 Å². The quantitative estimate of drug-likeness (QED) is 0.750. The van der Waals surface area contributed by atoms with E-state index >= 15 is 0 Å². The Balaban J connectivity index is 1.72. The van der Waals surface area contributed by atoms with E-state index in [1.54, 1.807) is 30.5 Å². The minimum absolute atomic E-state index is 0.116. The molecule has 5 nitrogen and oxygen atoms in total. The van der Waals surface area contributed by atoms with Crippen LogP contribution in [-0.4, -0.2) is 11.8 Å². The highest BCUT2D eigenvalue weighted by Crippen LogP contribution is 2.27. The molecule has 25 heavy (non-hydrogen) atoms. The fraction of sp³-hybridized carbons (Fsp3) is 0.200. The van der Waals surface area contributed by atoms with Gasteiger partial charge in [-0.3, -0.25) is 9.59 Å². The molecule has 0 fully saturated rings. The second-order valence-corrected chi connectivity index (χ2v) is 6.20. The first-order valence-electron chi connectivity index (χ1n) is 8.07. The molecule has 2 aromatic carbocycles. The van der Waals surface area contributed by atoms with Gasteiger partial charge in [0.05, 0.1) is 12.7 Å². The van der Waals surface area contributed by atoms with E-state index in [0.29, 0.717) is 11.4 Å². The van der Waals surface area contributed by atoms with Gasteiger partial charge in [-0.2, -0.15) is 0 Å². The number of benzene rings is 2. The van der Waals surface area contributed by atoms with Gasteiger partial charge in [-0.1, -0.05) is 6.07 Å². The molecule has 0 radical (unpaired) electrons. The van der Waals surface area contributed by atoms with E-state index in [2.05, 4.69) is 16.7 Å². The summed E-state index contributed by atoms with van der Waals surface area (Å²) in [5.74, 6) is -0.246. The van der Waals surface area contributed by atoms with E-state index in [1.807, 2.05) is 19.9 Å². The summed E-state index contributed by atoms with van der Waals surface area (Å²) < 4.78 is 5.59. The van der Waals surface area contributed by atoms with E-state index < -0.39 is 0 Å². The topological polar surface area (TPSA) is 71.3 Å². The van der Waals surface area contributed by atoms with Crippen molar-refractivity contribution in [2.75, 3.05) is 10.6 Å². The first-order chi connectivity index (χ1) is 11.9. The molecule has 3 rings (SSSR count). The van der Waals surface area contributed by atoms with Crippen LogP contribution in [0.3, 0.4) is 0 Å². The summed E-state index contributed by atoms with van der Waals surface area (Å²) in [6.45, 7) is 5.49. The first-order valence-corrected chi connectivity index (χ1v) is 8.07. The van der Waals surface area contributed by atoms with Crippen LogP contribution in [-0.2, 0) is 16.0 Å².